The summed E-state index contributed by atoms with van der Waals surface area (Å²) in [5.74, 6) is -0.889. The van der Waals surface area contributed by atoms with Crippen LogP contribution in [0.1, 0.15) is 225 Å². The van der Waals surface area contributed by atoms with E-state index in [4.69, 9.17) is 35.5 Å². The van der Waals surface area contributed by atoms with Crippen molar-refractivity contribution in [3.63, 3.8) is 0 Å². The van der Waals surface area contributed by atoms with E-state index in [1.54, 1.807) is 0 Å². The standard InChI is InChI=1S/C64H93NO8P2/c1-56(2,3)36-27-40-41-28-37(57(4,5)6)32-45(61(16,17)18)51(41)71-74(70-50(40)44(31-36)60(13,14)15)65-49-48(67-55-54(49)68-64(25,26)69-55)35-66-75-72-52-42(29-38(58(7,8)9)33-46(52)62(19,20)21)43-30-39(59(10,11)12)34-47(53(43)73-75)63(22,23)24/h27-34,48-49,54-55,65H,35H2,1-26H3/t48-,49-,54-,55-/m1/s1. The van der Waals surface area contributed by atoms with Crippen molar-refractivity contribution in [3.05, 3.63) is 93.0 Å². The first-order valence-corrected chi connectivity index (χ1v) is 29.7. The molecule has 2 saturated heterocycles. The van der Waals surface area contributed by atoms with E-state index >= 15 is 0 Å². The number of hydrogen-bond donors (Lipinski definition) is 1. The van der Waals surface area contributed by atoms with Crippen LogP contribution < -0.4 is 9.61 Å². The van der Waals surface area contributed by atoms with E-state index in [-0.39, 0.29) is 49.9 Å². The first-order valence-electron chi connectivity index (χ1n) is 27.4. The van der Waals surface area contributed by atoms with Crippen molar-refractivity contribution in [2.45, 2.75) is 254 Å². The lowest BCUT2D eigenvalue weighted by molar-refractivity contribution is -0.207. The van der Waals surface area contributed by atoms with Crippen LogP contribution >= 0.6 is 16.4 Å². The Balaban J connectivity index is 1.36. The topological polar surface area (TPSA) is 102 Å². The van der Waals surface area contributed by atoms with Gasteiger partial charge >= 0.3 is 16.4 Å². The fourth-order valence-corrected chi connectivity index (χ4v) is 12.8. The van der Waals surface area contributed by atoms with E-state index in [9.17, 15) is 0 Å². The molecule has 2 aliphatic rings. The molecular weight excluding hydrogens is 973 g/mol. The summed E-state index contributed by atoms with van der Waals surface area (Å²) in [5, 5.41) is 8.01. The highest BCUT2D eigenvalue weighted by molar-refractivity contribution is 7.38. The highest BCUT2D eigenvalue weighted by Crippen LogP contribution is 2.49. The Bertz CT molecular complexity index is 3060. The molecule has 0 amide bonds. The van der Waals surface area contributed by atoms with Gasteiger partial charge in [-0.1, -0.05) is 190 Å². The maximum absolute atomic E-state index is 7.41. The van der Waals surface area contributed by atoms with Gasteiger partial charge in [0.15, 0.2) is 12.1 Å². The minimum Gasteiger partial charge on any atom is -0.408 e. The number of nitrogens with one attached hydrogen (secondary N) is 1. The first kappa shape index (κ1) is 57.6. The average molecular weight is 1070 g/mol. The van der Waals surface area contributed by atoms with Crippen LogP contribution in [0.3, 0.4) is 0 Å². The number of hydrogen-bond acceptors (Lipinski definition) is 9. The van der Waals surface area contributed by atoms with Gasteiger partial charge in [-0.2, -0.15) is 0 Å². The summed E-state index contributed by atoms with van der Waals surface area (Å²) >= 11 is 0. The third kappa shape index (κ3) is 11.8. The lowest BCUT2D eigenvalue weighted by Gasteiger charge is -2.27. The minimum absolute atomic E-state index is 0.102. The summed E-state index contributed by atoms with van der Waals surface area (Å²) in [6, 6.07) is 18.1. The molecule has 8 rings (SSSR count). The molecule has 2 fully saturated rings. The third-order valence-corrected chi connectivity index (χ3v) is 17.3. The van der Waals surface area contributed by atoms with Gasteiger partial charge in [0.05, 0.1) is 12.6 Å². The Morgan fingerprint density at radius 3 is 1.03 bits per heavy atom. The highest BCUT2D eigenvalue weighted by atomic mass is 31.1. The van der Waals surface area contributed by atoms with Gasteiger partial charge in [0.25, 0.3) is 0 Å². The van der Waals surface area contributed by atoms with Gasteiger partial charge in [-0.3, -0.25) is 4.52 Å². The molecule has 1 N–H and O–H groups in total. The van der Waals surface area contributed by atoms with E-state index in [0.717, 1.165) is 66.1 Å². The van der Waals surface area contributed by atoms with Crippen molar-refractivity contribution in [1.82, 2.24) is 0 Å². The molecule has 9 nitrogen and oxygen atoms in total. The van der Waals surface area contributed by atoms with Crippen molar-refractivity contribution in [2.75, 3.05) is 11.7 Å². The molecule has 4 aromatic carbocycles. The second kappa shape index (κ2) is 18.8. The van der Waals surface area contributed by atoms with Crippen molar-refractivity contribution in [3.8, 4) is 0 Å². The largest absolute Gasteiger partial charge is 0.408 e. The molecule has 11 heteroatoms. The zero-order chi connectivity index (χ0) is 55.9. The van der Waals surface area contributed by atoms with Crippen LogP contribution in [-0.4, -0.2) is 36.9 Å². The van der Waals surface area contributed by atoms with E-state index in [2.05, 4.69) is 220 Å². The quantitative estimate of drug-likeness (QED) is 0.181. The molecule has 412 valence electrons. The molecule has 6 aromatic rings. The van der Waals surface area contributed by atoms with E-state index in [1.807, 2.05) is 13.8 Å². The maximum atomic E-state index is 7.41. The van der Waals surface area contributed by atoms with Gasteiger partial charge in [-0.05, 0) is 104 Å². The summed E-state index contributed by atoms with van der Waals surface area (Å²) in [4.78, 5) is 0. The smallest absolute Gasteiger partial charge is 0.387 e. The Morgan fingerprint density at radius 2 is 0.733 bits per heavy atom. The molecule has 0 bridgehead atoms. The molecule has 0 unspecified atom stereocenters. The van der Waals surface area contributed by atoms with Crippen molar-refractivity contribution < 1.29 is 35.5 Å². The van der Waals surface area contributed by atoms with Crippen molar-refractivity contribution in [2.24, 2.45) is 0 Å². The van der Waals surface area contributed by atoms with Crippen LogP contribution in [-0.2, 0) is 57.5 Å². The monoisotopic (exact) mass is 1070 g/mol. The molecular formula is C64H93NO8P2. The van der Waals surface area contributed by atoms with Gasteiger partial charge in [-0.15, -0.1) is 0 Å². The number of ether oxygens (including phenoxy) is 3. The molecule has 75 heavy (non-hydrogen) atoms. The first-order chi connectivity index (χ1) is 33.9. The Morgan fingerprint density at radius 1 is 0.427 bits per heavy atom. The maximum Gasteiger partial charge on any atom is 0.387 e. The predicted octanol–water partition coefficient (Wildman–Crippen LogP) is 19.2. The zero-order valence-corrected chi connectivity index (χ0v) is 52.6. The Hall–Kier alpha value is -3.52. The van der Waals surface area contributed by atoms with Gasteiger partial charge in [-0.25, -0.2) is 5.09 Å². The van der Waals surface area contributed by atoms with E-state index in [1.165, 1.54) is 22.3 Å². The lowest BCUT2D eigenvalue weighted by atomic mass is 9.77. The molecule has 0 radical (unpaired) electrons. The molecule has 2 aromatic heterocycles. The van der Waals surface area contributed by atoms with Gasteiger partial charge < -0.3 is 31.0 Å². The summed E-state index contributed by atoms with van der Waals surface area (Å²) < 4.78 is 56.4. The Labute approximate surface area is 452 Å². The van der Waals surface area contributed by atoms with Crippen LogP contribution in [0.4, 0.5) is 0 Å². The fourth-order valence-electron chi connectivity index (χ4n) is 10.3. The van der Waals surface area contributed by atoms with Crippen LogP contribution in [0.2, 0.25) is 0 Å². The van der Waals surface area contributed by atoms with Crippen LogP contribution in [0, 0.1) is 0 Å². The average Bonchev–Trinajstić information content (AvgIpc) is 3.55. The van der Waals surface area contributed by atoms with Crippen LogP contribution in [0.5, 0.6) is 0 Å². The van der Waals surface area contributed by atoms with E-state index < -0.39 is 46.7 Å². The normalized spacial score (nSPS) is 20.2. The summed E-state index contributed by atoms with van der Waals surface area (Å²) in [6.07, 6.45) is -1.78. The Kier molecular flexibility index (Phi) is 14.5. The predicted molar refractivity (Wildman–Crippen MR) is 316 cm³/mol. The van der Waals surface area contributed by atoms with Crippen molar-refractivity contribution >= 4 is 60.3 Å². The number of rotatable bonds is 5. The van der Waals surface area contributed by atoms with Gasteiger partial charge in [0, 0.05) is 43.8 Å². The van der Waals surface area contributed by atoms with Crippen LogP contribution in [0.15, 0.2) is 65.3 Å². The van der Waals surface area contributed by atoms with E-state index in [0.29, 0.717) is 0 Å². The second-order valence-electron chi connectivity index (χ2n) is 30.5. The number of benzene rings is 4. The van der Waals surface area contributed by atoms with Crippen molar-refractivity contribution in [1.29, 1.82) is 0 Å². The summed E-state index contributed by atoms with van der Waals surface area (Å²) in [6.45, 7) is 58.4. The minimum atomic E-state index is -2.04. The van der Waals surface area contributed by atoms with Gasteiger partial charge in [0.2, 0.25) is 0 Å². The summed E-state index contributed by atoms with van der Waals surface area (Å²) in [7, 11) is -3.95. The SMILES string of the molecule is CC1(C)O[C@H]2O[C@H](COp3oc4c(C(C)(C)C)cc(C(C)(C)C)cc4c4cc(C(C)(C)C)cc(C(C)(C)C)c4o3)[C@@H](Np3oc4c(C(C)(C)C)cc(C(C)(C)C)cc4c4cc(C(C)(C)C)cc(C(C)(C)C)c4o3)[C@H]2O1. The fraction of sp³-hybridized carbons (Fsp3) is 0.625. The van der Waals surface area contributed by atoms with Crippen LogP contribution in [0.25, 0.3) is 43.9 Å². The third-order valence-electron chi connectivity index (χ3n) is 15.1. The molecule has 0 saturated carbocycles. The molecule has 4 atom stereocenters. The lowest BCUT2D eigenvalue weighted by Crippen LogP contribution is -2.42. The molecule has 0 spiro atoms. The highest BCUT2D eigenvalue weighted by Gasteiger charge is 2.55. The molecule has 4 heterocycles. The molecule has 0 aliphatic carbocycles. The zero-order valence-electron chi connectivity index (χ0n) is 50.8. The molecule has 2 aliphatic heterocycles. The second-order valence-corrected chi connectivity index (χ2v) is 32.7. The number of fused-ring (bicyclic) bond motifs is 7. The summed E-state index contributed by atoms with van der Waals surface area (Å²) in [5.41, 5.74) is 11.0. The van der Waals surface area contributed by atoms with Gasteiger partial charge in [0.1, 0.15) is 34.5 Å².